The summed E-state index contributed by atoms with van der Waals surface area (Å²) < 4.78 is 53.5. The van der Waals surface area contributed by atoms with Gasteiger partial charge in [0.25, 0.3) is 47.3 Å². The molecule has 13 heterocycles. The molecule has 0 radical (unpaired) electrons. The number of benzene rings is 6. The number of halogens is 2. The summed E-state index contributed by atoms with van der Waals surface area (Å²) in [5, 5.41) is 31.7. The van der Waals surface area contributed by atoms with E-state index in [1.165, 1.54) is 62.9 Å². The molecule has 12 amide bonds. The fraction of sp³-hybridized carbons (Fsp3) is 0.465. The van der Waals surface area contributed by atoms with Crippen molar-refractivity contribution in [2.24, 2.45) is 0 Å². The van der Waals surface area contributed by atoms with Gasteiger partial charge < -0.3 is 64.1 Å². The number of fused-ring (bicyclic) bond motifs is 4. The van der Waals surface area contributed by atoms with Crippen LogP contribution in [0.15, 0.2) is 132 Å². The van der Waals surface area contributed by atoms with E-state index in [4.69, 9.17) is 18.9 Å². The highest BCUT2D eigenvalue weighted by Crippen LogP contribution is 2.44. The van der Waals surface area contributed by atoms with Crippen molar-refractivity contribution in [1.82, 2.24) is 59.8 Å². The average Bonchev–Trinajstić information content (AvgIpc) is 1.64. The Kier molecular flexibility index (Phi) is 31.3. The summed E-state index contributed by atoms with van der Waals surface area (Å²) in [6, 6.07) is 25.8. The van der Waals surface area contributed by atoms with E-state index in [0.717, 1.165) is 213 Å². The Balaban J connectivity index is 0.000000186. The number of ether oxygens (including phenoxy) is 4. The molecule has 39 heteroatoms. The van der Waals surface area contributed by atoms with Crippen molar-refractivity contribution in [2.75, 3.05) is 169 Å². The van der Waals surface area contributed by atoms with E-state index >= 15 is 4.39 Å². The van der Waals surface area contributed by atoms with E-state index in [1.807, 2.05) is 48.5 Å². The third-order valence-electron chi connectivity index (χ3n) is 28.3. The van der Waals surface area contributed by atoms with Gasteiger partial charge in [-0.1, -0.05) is 24.3 Å². The highest BCUT2D eigenvalue weighted by molar-refractivity contribution is 7.14. The van der Waals surface area contributed by atoms with Gasteiger partial charge >= 0.3 is 0 Å². The minimum Gasteiger partial charge on any atom is -0.508 e. The number of rotatable bonds is 36. The molecule has 738 valence electrons. The third-order valence-corrected chi connectivity index (χ3v) is 29.6. The van der Waals surface area contributed by atoms with Gasteiger partial charge in [0.05, 0.1) is 40.0 Å². The first-order chi connectivity index (χ1) is 68.1. The molecule has 6 aromatic carbocycles. The Labute approximate surface area is 816 Å². The van der Waals surface area contributed by atoms with E-state index in [-0.39, 0.29) is 67.3 Å². The lowest BCUT2D eigenvalue weighted by atomic mass is 10.0. The van der Waals surface area contributed by atoms with Crippen molar-refractivity contribution in [3.63, 3.8) is 0 Å². The molecule has 11 aliphatic heterocycles. The van der Waals surface area contributed by atoms with Crippen LogP contribution < -0.4 is 46.4 Å². The number of amides is 12. The number of piperidine rings is 4. The Morgan fingerprint density at radius 1 is 0.479 bits per heavy atom. The van der Waals surface area contributed by atoms with Gasteiger partial charge in [0.1, 0.15) is 47.3 Å². The maximum Gasteiger partial charge on any atom is 0.262 e. The number of hydrogen-bond acceptors (Lipinski definition) is 29. The highest BCUT2D eigenvalue weighted by Gasteiger charge is 2.49. The van der Waals surface area contributed by atoms with Gasteiger partial charge in [0.15, 0.2) is 16.6 Å². The van der Waals surface area contributed by atoms with E-state index < -0.39 is 107 Å². The van der Waals surface area contributed by atoms with Crippen LogP contribution in [0.3, 0.4) is 0 Å². The number of likely N-dealkylation sites (tertiary alicyclic amines) is 2. The number of aromatic hydroxyl groups is 1. The molecule has 0 bridgehead atoms. The van der Waals surface area contributed by atoms with Gasteiger partial charge in [-0.25, -0.2) is 18.7 Å². The fourth-order valence-corrected chi connectivity index (χ4v) is 22.0. The molecule has 0 aliphatic carbocycles. The number of phenolic OH excluding ortho intramolecular Hbond substituents is 1. The molecular formula is C101H116F2N18O17S2. The van der Waals surface area contributed by atoms with Gasteiger partial charge in [-0.2, -0.15) is 0 Å². The zero-order chi connectivity index (χ0) is 97.0. The first-order valence-electron chi connectivity index (χ1n) is 48.7. The summed E-state index contributed by atoms with van der Waals surface area (Å²) in [6.45, 7) is 17.7. The lowest BCUT2D eigenvalue weighted by Gasteiger charge is -2.43. The predicted octanol–water partition coefficient (Wildman–Crippen LogP) is 10.4. The predicted molar refractivity (Wildman–Crippen MR) is 517 cm³/mol. The second-order valence-corrected chi connectivity index (χ2v) is 38.8. The molecule has 11 aliphatic rings. The number of carbonyl (C=O) groups excluding carboxylic acids is 12. The lowest BCUT2D eigenvalue weighted by Crippen LogP contribution is -2.54. The number of phenols is 1. The summed E-state index contributed by atoms with van der Waals surface area (Å²) in [5.74, 6) is -7.07. The largest absolute Gasteiger partial charge is 0.508 e. The summed E-state index contributed by atoms with van der Waals surface area (Å²) >= 11 is 2.46. The summed E-state index contributed by atoms with van der Waals surface area (Å²) in [5.41, 5.74) is 6.93. The highest BCUT2D eigenvalue weighted by atomic mass is 32.1. The molecule has 35 nitrogen and oxygen atoms in total. The van der Waals surface area contributed by atoms with Crippen LogP contribution in [0.5, 0.6) is 11.5 Å². The average molecular weight is 1960 g/mol. The molecular weight excluding hydrogens is 1840 g/mol. The van der Waals surface area contributed by atoms with E-state index in [9.17, 15) is 67.0 Å². The van der Waals surface area contributed by atoms with Crippen molar-refractivity contribution in [1.29, 1.82) is 0 Å². The van der Waals surface area contributed by atoms with Crippen molar-refractivity contribution in [3.05, 3.63) is 200 Å². The van der Waals surface area contributed by atoms with Crippen LogP contribution in [0.2, 0.25) is 0 Å². The third kappa shape index (κ3) is 22.2. The molecule has 140 heavy (non-hydrogen) atoms. The van der Waals surface area contributed by atoms with Gasteiger partial charge in [0, 0.05) is 206 Å². The number of aromatic nitrogens is 2. The van der Waals surface area contributed by atoms with E-state index in [0.29, 0.717) is 120 Å². The van der Waals surface area contributed by atoms with Crippen molar-refractivity contribution in [3.8, 4) is 11.5 Å². The molecule has 2 aromatic heterocycles. The van der Waals surface area contributed by atoms with Gasteiger partial charge in [-0.05, 0) is 212 Å². The SMILES string of the molecule is O=C1CCC(N2C(=O)c3ccc(N4CCN(C5CCN(CCCOCCCCNc6cccc7c6C(=O)N(C(C(=O)Nc6nccs6)c6cc(F)ccc6O)C7)CC5)CC4)cc3C2=O)C(=O)N1.O=C1CCC(N2C(=O)c3ccc(N4CCN(C5CCN(CCCOCCCCNc6cccc7c6C(=O)N(C(C(=O)Nc6nccs6)c6cc(F)ccc6OC6CCCCO6)C7)CC5)CC4)cc3C2=O)C(=O)N1. The first kappa shape index (κ1) is 97.6. The van der Waals surface area contributed by atoms with Gasteiger partial charge in [0.2, 0.25) is 23.6 Å². The van der Waals surface area contributed by atoms with Crippen molar-refractivity contribution in [2.45, 2.75) is 165 Å². The number of nitrogens with one attached hydrogen (secondary N) is 6. The molecule has 7 fully saturated rings. The van der Waals surface area contributed by atoms with Gasteiger partial charge in [-0.15, -0.1) is 22.7 Å². The molecule has 19 rings (SSSR count). The number of anilines is 6. The lowest BCUT2D eigenvalue weighted by molar-refractivity contribution is -0.137. The number of hydrogen-bond donors (Lipinski definition) is 7. The quantitative estimate of drug-likeness (QED) is 0.0142. The van der Waals surface area contributed by atoms with Gasteiger partial charge in [-0.3, -0.25) is 98.4 Å². The fourth-order valence-electron chi connectivity index (χ4n) is 20.9. The van der Waals surface area contributed by atoms with Crippen molar-refractivity contribution >= 4 is 127 Å². The number of imide groups is 4. The minimum absolute atomic E-state index is 0.0154. The number of nitrogens with zero attached hydrogens (tertiary/aromatic N) is 12. The summed E-state index contributed by atoms with van der Waals surface area (Å²) in [6.07, 6.45) is 15.2. The Morgan fingerprint density at radius 3 is 1.38 bits per heavy atom. The van der Waals surface area contributed by atoms with Crippen LogP contribution in [-0.4, -0.2) is 293 Å². The number of unbranched alkanes of at least 4 members (excludes halogenated alkanes) is 2. The van der Waals surface area contributed by atoms with E-state index in [1.54, 1.807) is 41.2 Å². The number of piperazine rings is 2. The normalized spacial score (nSPS) is 20.6. The second kappa shape index (κ2) is 44.9. The van der Waals surface area contributed by atoms with Crippen molar-refractivity contribution < 1.29 is 90.4 Å². The Morgan fingerprint density at radius 2 is 0.929 bits per heavy atom. The van der Waals surface area contributed by atoms with Crippen LogP contribution >= 0.6 is 22.7 Å². The summed E-state index contributed by atoms with van der Waals surface area (Å²) in [4.78, 5) is 185. The van der Waals surface area contributed by atoms with Crippen LogP contribution in [0.4, 0.5) is 41.8 Å². The smallest absolute Gasteiger partial charge is 0.262 e. The number of carbonyl (C=O) groups is 12. The van der Waals surface area contributed by atoms with E-state index in [2.05, 4.69) is 71.3 Å². The van der Waals surface area contributed by atoms with Crippen LogP contribution in [0, 0.1) is 11.6 Å². The zero-order valence-corrected chi connectivity index (χ0v) is 79.6. The zero-order valence-electron chi connectivity index (χ0n) is 77.9. The second-order valence-electron chi connectivity index (χ2n) is 37.0. The van der Waals surface area contributed by atoms with Crippen LogP contribution in [0.1, 0.15) is 206 Å². The minimum atomic E-state index is -1.30. The maximum atomic E-state index is 15.0. The molecule has 0 spiro atoms. The number of thiazole rings is 2. The Bertz CT molecular complexity index is 5920. The molecule has 5 unspecified atom stereocenters. The molecule has 7 N–H and O–H groups in total. The van der Waals surface area contributed by atoms with Crippen LogP contribution in [0.25, 0.3) is 0 Å². The topological polar surface area (TPSA) is 392 Å². The summed E-state index contributed by atoms with van der Waals surface area (Å²) in [7, 11) is 0. The molecule has 8 aromatic rings. The molecule has 7 saturated heterocycles. The maximum absolute atomic E-state index is 15.0. The van der Waals surface area contributed by atoms with Crippen LogP contribution in [-0.2, 0) is 56.1 Å². The first-order valence-corrected chi connectivity index (χ1v) is 50.5. The standard InChI is InChI=1S/C53H62FN9O9S.C48H54FN9O8S/c54-35-10-14-43(72-45-9-1-3-29-71-45)40(31-35)47(49(66)58-53-56-19-30-73-53)62-33-34-7-5-8-41(46(34)52(62)69)55-18-2-4-27-70-28-6-20-59-21-16-36(17-22-59)60-23-25-61(26-24-60)37-11-12-38-39(32-37)51(68)63(50(38)67)42-13-15-44(64)57-48(42)65;49-31-7-11-39(59)36(27-31)42(44(62)53-48-51-16-26-67-48)57-29-30-5-3-6-37(41(30)47(57)65)50-15-1-2-24-66-25-4-17-54-18-13-32(14-19-54)55-20-22-56(23-21-55)33-8-9-34-35(28-33)46(64)58(45(34)63)38-10-12-40(60)52-43(38)61/h5,7-8,10-12,14,19,30-32,36,42,45,47,55H,1-4,6,9,13,15-18,20-29,33H2,(H,56,58,66)(H,57,64,65);3,5-9,11,16,26-28,32,38,42,50,59H,1-2,4,10,12-15,17-25,29H2,(H,51,53,62)(H,52,60,61). The molecule has 5 atom stereocenters. The Hall–Kier alpha value is -12.6. The monoisotopic (exact) mass is 1950 g/mol. The molecule has 0 saturated carbocycles.